The number of hydrogen-bond acceptors (Lipinski definition) is 5. The number of pyridine rings is 1. The molecule has 0 N–H and O–H groups in total. The zero-order chi connectivity index (χ0) is 14.1. The third kappa shape index (κ3) is 2.52. The van der Waals surface area contributed by atoms with Crippen LogP contribution in [-0.4, -0.2) is 26.7 Å². The Labute approximate surface area is 126 Å². The number of aryl methyl sites for hydroxylation is 2. The van der Waals surface area contributed by atoms with Crippen molar-refractivity contribution < 1.29 is 0 Å². The van der Waals surface area contributed by atoms with Crippen LogP contribution in [0.2, 0.25) is 0 Å². The Balaban J connectivity index is 1.94. The Bertz CT molecular complexity index is 631. The number of halogens is 1. The molecule has 2 aromatic rings. The number of nitrogens with zero attached hydrogens (tertiary/aromatic N) is 5. The lowest BCUT2D eigenvalue weighted by Gasteiger charge is -2.24. The average Bonchev–Trinajstić information content (AvgIpc) is 2.91. The molecule has 0 aromatic carbocycles. The first-order valence-corrected chi connectivity index (χ1v) is 7.49. The molecule has 0 amide bonds. The Morgan fingerprint density at radius 3 is 2.80 bits per heavy atom. The minimum absolute atomic E-state index is 0.281. The van der Waals surface area contributed by atoms with Crippen molar-refractivity contribution in [1.29, 1.82) is 0 Å². The summed E-state index contributed by atoms with van der Waals surface area (Å²) in [5.41, 5.74) is 3.01. The van der Waals surface area contributed by atoms with Crippen molar-refractivity contribution in [2.24, 2.45) is 0 Å². The summed E-state index contributed by atoms with van der Waals surface area (Å²) in [5, 5.41) is 8.44. The lowest BCUT2D eigenvalue weighted by molar-refractivity contribution is 0.685. The Kier molecular flexibility index (Phi) is 3.65. The Morgan fingerprint density at radius 2 is 2.05 bits per heavy atom. The molecule has 1 unspecified atom stereocenters. The number of aromatic nitrogens is 4. The van der Waals surface area contributed by atoms with E-state index >= 15 is 0 Å². The summed E-state index contributed by atoms with van der Waals surface area (Å²) < 4.78 is 1.00. The second-order valence-electron chi connectivity index (χ2n) is 5.07. The molecule has 2 aromatic heterocycles. The van der Waals surface area contributed by atoms with Crippen molar-refractivity contribution >= 4 is 21.9 Å². The highest BCUT2D eigenvalue weighted by molar-refractivity contribution is 9.10. The van der Waals surface area contributed by atoms with Gasteiger partial charge in [-0.25, -0.2) is 4.98 Å². The van der Waals surface area contributed by atoms with E-state index < -0.39 is 0 Å². The van der Waals surface area contributed by atoms with Gasteiger partial charge in [-0.05, 0) is 54.2 Å². The first-order chi connectivity index (χ1) is 9.65. The Morgan fingerprint density at radius 1 is 1.20 bits per heavy atom. The molecule has 1 aliphatic rings. The van der Waals surface area contributed by atoms with Crippen LogP contribution in [0.1, 0.15) is 35.8 Å². The second-order valence-corrected chi connectivity index (χ2v) is 5.99. The van der Waals surface area contributed by atoms with Gasteiger partial charge in [0.25, 0.3) is 0 Å². The molecule has 1 saturated heterocycles. The molecule has 1 atom stereocenters. The van der Waals surface area contributed by atoms with Crippen molar-refractivity contribution in [2.45, 2.75) is 32.7 Å². The van der Waals surface area contributed by atoms with E-state index in [-0.39, 0.29) is 6.04 Å². The third-order valence-corrected chi connectivity index (χ3v) is 4.13. The molecular formula is C14H16BrN5. The van der Waals surface area contributed by atoms with E-state index in [4.69, 9.17) is 0 Å². The van der Waals surface area contributed by atoms with Gasteiger partial charge in [0.05, 0.1) is 17.4 Å². The van der Waals surface area contributed by atoms with Crippen molar-refractivity contribution in [1.82, 2.24) is 20.2 Å². The van der Waals surface area contributed by atoms with E-state index in [9.17, 15) is 0 Å². The lowest BCUT2D eigenvalue weighted by Crippen LogP contribution is -2.25. The second kappa shape index (κ2) is 5.44. The summed E-state index contributed by atoms with van der Waals surface area (Å²) in [7, 11) is 0. The molecule has 5 nitrogen and oxygen atoms in total. The van der Waals surface area contributed by atoms with Gasteiger partial charge in [-0.1, -0.05) is 0 Å². The first-order valence-electron chi connectivity index (χ1n) is 6.70. The van der Waals surface area contributed by atoms with Gasteiger partial charge in [0, 0.05) is 23.4 Å². The first kappa shape index (κ1) is 13.4. The molecule has 0 bridgehead atoms. The van der Waals surface area contributed by atoms with Crippen LogP contribution < -0.4 is 4.90 Å². The number of anilines is 1. The summed E-state index contributed by atoms with van der Waals surface area (Å²) in [4.78, 5) is 11.1. The summed E-state index contributed by atoms with van der Waals surface area (Å²) in [5.74, 6) is 0.718. The van der Waals surface area contributed by atoms with Crippen LogP contribution in [-0.2, 0) is 0 Å². The largest absolute Gasteiger partial charge is 0.332 e. The van der Waals surface area contributed by atoms with E-state index in [1.54, 1.807) is 6.20 Å². The zero-order valence-electron chi connectivity index (χ0n) is 11.5. The summed E-state index contributed by atoms with van der Waals surface area (Å²) in [6.45, 7) is 4.86. The zero-order valence-corrected chi connectivity index (χ0v) is 13.1. The summed E-state index contributed by atoms with van der Waals surface area (Å²) >= 11 is 3.48. The SMILES string of the molecule is Cc1nnc(N2CCCC2c2cncc(Br)c2)nc1C. The van der Waals surface area contributed by atoms with E-state index in [1.165, 1.54) is 5.56 Å². The fourth-order valence-electron chi connectivity index (χ4n) is 2.53. The molecule has 3 heterocycles. The predicted octanol–water partition coefficient (Wildman–Crippen LogP) is 2.99. The van der Waals surface area contributed by atoms with Crippen molar-refractivity contribution in [2.75, 3.05) is 11.4 Å². The van der Waals surface area contributed by atoms with E-state index in [0.29, 0.717) is 0 Å². The molecule has 104 valence electrons. The molecule has 3 rings (SSSR count). The molecule has 1 fully saturated rings. The molecular weight excluding hydrogens is 318 g/mol. The molecule has 0 radical (unpaired) electrons. The maximum Gasteiger partial charge on any atom is 0.246 e. The monoisotopic (exact) mass is 333 g/mol. The number of hydrogen-bond donors (Lipinski definition) is 0. The van der Waals surface area contributed by atoms with E-state index in [1.807, 2.05) is 20.0 Å². The fourth-order valence-corrected chi connectivity index (χ4v) is 2.91. The molecule has 0 saturated carbocycles. The quantitative estimate of drug-likeness (QED) is 0.845. The van der Waals surface area contributed by atoms with Crippen molar-refractivity contribution in [3.8, 4) is 0 Å². The van der Waals surface area contributed by atoms with Crippen LogP contribution in [0.25, 0.3) is 0 Å². The normalized spacial score (nSPS) is 18.6. The molecule has 1 aliphatic heterocycles. The number of rotatable bonds is 2. The minimum atomic E-state index is 0.281. The fraction of sp³-hybridized carbons (Fsp3) is 0.429. The van der Waals surface area contributed by atoms with Gasteiger partial charge < -0.3 is 4.90 Å². The molecule has 6 heteroatoms. The summed E-state index contributed by atoms with van der Waals surface area (Å²) in [6.07, 6.45) is 5.95. The van der Waals surface area contributed by atoms with Crippen LogP contribution in [0.3, 0.4) is 0 Å². The van der Waals surface area contributed by atoms with Gasteiger partial charge in [0.15, 0.2) is 0 Å². The maximum absolute atomic E-state index is 4.57. The van der Waals surface area contributed by atoms with E-state index in [2.05, 4.69) is 47.1 Å². The smallest absolute Gasteiger partial charge is 0.246 e. The highest BCUT2D eigenvalue weighted by Gasteiger charge is 2.28. The summed E-state index contributed by atoms with van der Waals surface area (Å²) in [6, 6.07) is 2.40. The van der Waals surface area contributed by atoms with Gasteiger partial charge in [-0.2, -0.15) is 5.10 Å². The third-order valence-electron chi connectivity index (χ3n) is 3.70. The highest BCUT2D eigenvalue weighted by atomic mass is 79.9. The molecule has 0 aliphatic carbocycles. The molecule has 0 spiro atoms. The van der Waals surface area contributed by atoms with Crippen molar-refractivity contribution in [3.63, 3.8) is 0 Å². The van der Waals surface area contributed by atoms with Crippen LogP contribution >= 0.6 is 15.9 Å². The molecule has 20 heavy (non-hydrogen) atoms. The minimum Gasteiger partial charge on any atom is -0.332 e. The topological polar surface area (TPSA) is 54.8 Å². The van der Waals surface area contributed by atoms with Crippen LogP contribution in [0.15, 0.2) is 22.9 Å². The Hall–Kier alpha value is -1.56. The standard InChI is InChI=1S/C14H16BrN5/c1-9-10(2)18-19-14(17-9)20-5-3-4-13(20)11-6-12(15)8-16-7-11/h6-8,13H,3-5H2,1-2H3. The van der Waals surface area contributed by atoms with Crippen LogP contribution in [0.5, 0.6) is 0 Å². The maximum atomic E-state index is 4.57. The van der Waals surface area contributed by atoms with Gasteiger partial charge in [0.1, 0.15) is 0 Å². The highest BCUT2D eigenvalue weighted by Crippen LogP contribution is 2.34. The lowest BCUT2D eigenvalue weighted by atomic mass is 10.1. The van der Waals surface area contributed by atoms with Gasteiger partial charge in [0.2, 0.25) is 5.95 Å². The van der Waals surface area contributed by atoms with Gasteiger partial charge >= 0.3 is 0 Å². The van der Waals surface area contributed by atoms with Crippen LogP contribution in [0, 0.1) is 13.8 Å². The van der Waals surface area contributed by atoms with Crippen LogP contribution in [0.4, 0.5) is 5.95 Å². The van der Waals surface area contributed by atoms with Crippen molar-refractivity contribution in [3.05, 3.63) is 39.9 Å². The van der Waals surface area contributed by atoms with Gasteiger partial charge in [-0.15, -0.1) is 5.10 Å². The van der Waals surface area contributed by atoms with E-state index in [0.717, 1.165) is 41.2 Å². The van der Waals surface area contributed by atoms with Gasteiger partial charge in [-0.3, -0.25) is 4.98 Å². The predicted molar refractivity (Wildman–Crippen MR) is 80.6 cm³/mol. The average molecular weight is 334 g/mol.